The van der Waals surface area contributed by atoms with E-state index < -0.39 is 24.7 Å². The van der Waals surface area contributed by atoms with Gasteiger partial charge < -0.3 is 14.0 Å². The van der Waals surface area contributed by atoms with Gasteiger partial charge in [0.25, 0.3) is 0 Å². The Morgan fingerprint density at radius 3 is 0.957 bits per heavy atom. The SMILES string of the molecule is C/C(CC(C/C(C)=N/N(Cc1ccccc1)[Si](C)(C)C)=NN(Cc1ccccc1)[Si](C)(C)C)=N\N(Cc1ccccc1)[Si](C)(C)C. The number of nitrogens with zero attached hydrogens (tertiary/aromatic N) is 6. The summed E-state index contributed by atoms with van der Waals surface area (Å²) in [6.07, 6.45) is 1.42. The zero-order chi connectivity index (χ0) is 34.0. The van der Waals surface area contributed by atoms with Crippen LogP contribution >= 0.6 is 0 Å². The van der Waals surface area contributed by atoms with Crippen LogP contribution in [0, 0.1) is 0 Å². The second kappa shape index (κ2) is 16.5. The minimum absolute atomic E-state index is 0.712. The Bertz CT molecular complexity index is 1360. The Morgan fingerprint density at radius 2 is 0.696 bits per heavy atom. The molecule has 0 N–H and O–H groups in total. The fourth-order valence-electron chi connectivity index (χ4n) is 4.91. The predicted molar refractivity (Wildman–Crippen MR) is 209 cm³/mol. The van der Waals surface area contributed by atoms with E-state index in [1.54, 1.807) is 0 Å². The molecule has 0 unspecified atom stereocenters. The first-order valence-electron chi connectivity index (χ1n) is 16.6. The van der Waals surface area contributed by atoms with Gasteiger partial charge in [-0.2, -0.15) is 15.3 Å². The van der Waals surface area contributed by atoms with E-state index in [0.29, 0.717) is 12.8 Å². The van der Waals surface area contributed by atoms with Crippen molar-refractivity contribution in [1.29, 1.82) is 0 Å². The van der Waals surface area contributed by atoms with E-state index in [2.05, 4.69) is 178 Å². The lowest BCUT2D eigenvalue weighted by Crippen LogP contribution is -2.43. The quantitative estimate of drug-likeness (QED) is 0.0866. The zero-order valence-electron chi connectivity index (χ0n) is 30.4. The Kier molecular flexibility index (Phi) is 13.3. The molecule has 0 saturated carbocycles. The molecule has 0 aliphatic heterocycles. The van der Waals surface area contributed by atoms with Crippen molar-refractivity contribution < 1.29 is 0 Å². The fraction of sp³-hybridized carbons (Fsp3) is 0.432. The minimum Gasteiger partial charge on any atom is -0.320 e. The van der Waals surface area contributed by atoms with Gasteiger partial charge in [0.15, 0.2) is 24.7 Å². The Morgan fingerprint density at radius 1 is 0.435 bits per heavy atom. The van der Waals surface area contributed by atoms with Gasteiger partial charge in [0.2, 0.25) is 0 Å². The summed E-state index contributed by atoms with van der Waals surface area (Å²) in [6, 6.07) is 32.1. The monoisotopic (exact) mass is 670 g/mol. The molecule has 0 atom stereocenters. The summed E-state index contributed by atoms with van der Waals surface area (Å²) in [5.41, 5.74) is 7.15. The summed E-state index contributed by atoms with van der Waals surface area (Å²) in [5.74, 6) is 0. The van der Waals surface area contributed by atoms with Crippen LogP contribution in [0.2, 0.25) is 58.9 Å². The molecule has 248 valence electrons. The van der Waals surface area contributed by atoms with E-state index in [1.807, 2.05) is 0 Å². The third-order valence-corrected chi connectivity index (χ3v) is 13.0. The second-order valence-electron chi connectivity index (χ2n) is 15.3. The van der Waals surface area contributed by atoms with Crippen LogP contribution < -0.4 is 0 Å². The van der Waals surface area contributed by atoms with Crippen molar-refractivity contribution in [3.8, 4) is 0 Å². The molecule has 9 heteroatoms. The maximum atomic E-state index is 5.47. The molecular weight excluding hydrogens is 613 g/mol. The van der Waals surface area contributed by atoms with Gasteiger partial charge in [-0.25, -0.2) is 0 Å². The normalized spacial score (nSPS) is 12.9. The standard InChI is InChI=1S/C37H58N6Si3/c1-32(38-41(44(3,4)5)29-34-21-15-12-16-22-34)27-37(40-43(46(9,10)11)31-36-25-19-14-20-26-36)28-33(2)39-42(45(6,7)8)30-35-23-17-13-18-24-35/h12-26H,27-31H2,1-11H3/b38-32+,39-33+. The average molecular weight is 671 g/mol. The topological polar surface area (TPSA) is 46.8 Å². The van der Waals surface area contributed by atoms with Crippen LogP contribution in [0.4, 0.5) is 0 Å². The van der Waals surface area contributed by atoms with Crippen LogP contribution in [0.15, 0.2) is 106 Å². The van der Waals surface area contributed by atoms with Gasteiger partial charge in [-0.3, -0.25) is 0 Å². The summed E-state index contributed by atoms with van der Waals surface area (Å²) in [6.45, 7) is 28.1. The highest BCUT2D eigenvalue weighted by atomic mass is 28.3. The van der Waals surface area contributed by atoms with Crippen LogP contribution in [0.3, 0.4) is 0 Å². The molecule has 0 aliphatic carbocycles. The highest BCUT2D eigenvalue weighted by Gasteiger charge is 2.27. The molecule has 0 spiro atoms. The summed E-state index contributed by atoms with van der Waals surface area (Å²) >= 11 is 0. The highest BCUT2D eigenvalue weighted by Crippen LogP contribution is 2.20. The van der Waals surface area contributed by atoms with E-state index in [1.165, 1.54) is 16.7 Å². The van der Waals surface area contributed by atoms with Crippen molar-refractivity contribution in [1.82, 2.24) is 14.0 Å². The zero-order valence-corrected chi connectivity index (χ0v) is 33.4. The Balaban J connectivity index is 1.99. The fourth-order valence-corrected chi connectivity index (χ4v) is 8.27. The van der Waals surface area contributed by atoms with Gasteiger partial charge in [-0.1, -0.05) is 150 Å². The van der Waals surface area contributed by atoms with Crippen molar-refractivity contribution in [3.05, 3.63) is 108 Å². The minimum atomic E-state index is -1.80. The molecule has 0 aliphatic rings. The molecule has 0 heterocycles. The molecule has 3 rings (SSSR count). The van der Waals surface area contributed by atoms with E-state index >= 15 is 0 Å². The van der Waals surface area contributed by atoms with Gasteiger partial charge in [0, 0.05) is 30.0 Å². The van der Waals surface area contributed by atoms with Gasteiger partial charge in [-0.05, 0) is 30.5 Å². The van der Waals surface area contributed by atoms with Crippen LogP contribution in [0.25, 0.3) is 0 Å². The molecule has 0 amide bonds. The van der Waals surface area contributed by atoms with E-state index in [-0.39, 0.29) is 0 Å². The maximum absolute atomic E-state index is 5.47. The molecular formula is C37H58N6Si3. The summed E-state index contributed by atoms with van der Waals surface area (Å²) in [5, 5.41) is 16.0. The van der Waals surface area contributed by atoms with E-state index in [4.69, 9.17) is 15.3 Å². The lowest BCUT2D eigenvalue weighted by atomic mass is 10.1. The van der Waals surface area contributed by atoms with Crippen LogP contribution in [-0.2, 0) is 19.6 Å². The molecule has 0 radical (unpaired) electrons. The molecule has 6 nitrogen and oxygen atoms in total. The van der Waals surface area contributed by atoms with Crippen LogP contribution in [-0.4, -0.2) is 55.9 Å². The van der Waals surface area contributed by atoms with Gasteiger partial charge >= 0.3 is 0 Å². The molecule has 0 bridgehead atoms. The second-order valence-corrected chi connectivity index (χ2v) is 29.9. The van der Waals surface area contributed by atoms with Gasteiger partial charge in [-0.15, -0.1) is 0 Å². The molecule has 0 aromatic heterocycles. The lowest BCUT2D eigenvalue weighted by Gasteiger charge is -2.34. The van der Waals surface area contributed by atoms with Crippen molar-refractivity contribution >= 4 is 41.8 Å². The van der Waals surface area contributed by atoms with Crippen molar-refractivity contribution in [2.45, 2.75) is 105 Å². The number of rotatable bonds is 16. The van der Waals surface area contributed by atoms with Crippen molar-refractivity contribution in [3.63, 3.8) is 0 Å². The first-order valence-corrected chi connectivity index (χ1v) is 26.9. The first kappa shape index (κ1) is 37.2. The molecule has 0 fully saturated rings. The predicted octanol–water partition coefficient (Wildman–Crippen LogP) is 9.89. The van der Waals surface area contributed by atoms with Crippen LogP contribution in [0.1, 0.15) is 43.4 Å². The van der Waals surface area contributed by atoms with E-state index in [9.17, 15) is 0 Å². The van der Waals surface area contributed by atoms with Gasteiger partial charge in [0.05, 0.1) is 19.6 Å². The van der Waals surface area contributed by atoms with Crippen molar-refractivity contribution in [2.75, 3.05) is 0 Å². The maximum Gasteiger partial charge on any atom is 0.169 e. The van der Waals surface area contributed by atoms with E-state index in [0.717, 1.165) is 36.8 Å². The van der Waals surface area contributed by atoms with Gasteiger partial charge in [0.1, 0.15) is 0 Å². The highest BCUT2D eigenvalue weighted by molar-refractivity contribution is 6.74. The number of hydrogen-bond acceptors (Lipinski definition) is 6. The third-order valence-electron chi connectivity index (χ3n) is 7.61. The number of hydrogen-bond donors (Lipinski definition) is 0. The van der Waals surface area contributed by atoms with Crippen LogP contribution in [0.5, 0.6) is 0 Å². The summed E-state index contributed by atoms with van der Waals surface area (Å²) in [7, 11) is -5.26. The Hall–Kier alpha value is -3.28. The molecule has 46 heavy (non-hydrogen) atoms. The van der Waals surface area contributed by atoms with Crippen molar-refractivity contribution in [2.24, 2.45) is 15.3 Å². The third kappa shape index (κ3) is 12.8. The molecule has 3 aromatic rings. The molecule has 0 saturated heterocycles. The summed E-state index contributed by atoms with van der Waals surface area (Å²) in [4.78, 5) is 0. The molecule has 3 aromatic carbocycles. The smallest absolute Gasteiger partial charge is 0.169 e. The number of hydrazone groups is 3. The lowest BCUT2D eigenvalue weighted by molar-refractivity contribution is 0.438. The Labute approximate surface area is 283 Å². The average Bonchev–Trinajstić information content (AvgIpc) is 2.96. The summed E-state index contributed by atoms with van der Waals surface area (Å²) < 4.78 is 7.07. The first-order chi connectivity index (χ1) is 21.5. The largest absolute Gasteiger partial charge is 0.320 e. The number of benzene rings is 3.